The Bertz CT molecular complexity index is 2130. The van der Waals surface area contributed by atoms with Crippen molar-refractivity contribution in [2.24, 2.45) is 0 Å². The molecule has 2 heterocycles. The Balaban J connectivity index is 1.39. The molecule has 0 fully saturated rings. The molecule has 38 heavy (non-hydrogen) atoms. The topological polar surface area (TPSA) is 13.1 Å². The first kappa shape index (κ1) is 21.4. The smallest absolute Gasteiger partial charge is 0.136 e. The Kier molecular flexibility index (Phi) is 4.76. The number of hydrogen-bond donors (Lipinski definition) is 0. The Labute approximate surface area is 224 Å². The van der Waals surface area contributed by atoms with Crippen LogP contribution in [0.3, 0.4) is 0 Å². The summed E-state index contributed by atoms with van der Waals surface area (Å²) < 4.78 is 6.28. The van der Waals surface area contributed by atoms with Crippen LogP contribution in [0, 0.1) is 0 Å². The molecule has 0 aliphatic carbocycles. The Morgan fingerprint density at radius 2 is 1.08 bits per heavy atom. The van der Waals surface area contributed by atoms with Crippen LogP contribution in [0.5, 0.6) is 0 Å². The van der Waals surface area contributed by atoms with E-state index in [-0.39, 0.29) is 0 Å². The van der Waals surface area contributed by atoms with E-state index >= 15 is 0 Å². The van der Waals surface area contributed by atoms with Crippen LogP contribution >= 0.6 is 11.3 Å². The minimum atomic E-state index is 0.926. The fourth-order valence-electron chi connectivity index (χ4n) is 5.74. The van der Waals surface area contributed by atoms with E-state index < -0.39 is 0 Å². The van der Waals surface area contributed by atoms with Gasteiger partial charge >= 0.3 is 0 Å². The normalized spacial score (nSPS) is 11.7. The van der Waals surface area contributed by atoms with Crippen molar-refractivity contribution in [3.8, 4) is 32.0 Å². The van der Waals surface area contributed by atoms with Crippen molar-refractivity contribution in [3.05, 3.63) is 133 Å². The highest BCUT2D eigenvalue weighted by Crippen LogP contribution is 2.47. The number of fused-ring (bicyclic) bond motifs is 6. The molecule has 0 atom stereocenters. The maximum Gasteiger partial charge on any atom is 0.136 e. The van der Waals surface area contributed by atoms with Gasteiger partial charge in [0.1, 0.15) is 11.2 Å². The van der Waals surface area contributed by atoms with Gasteiger partial charge in [-0.05, 0) is 51.7 Å². The summed E-state index contributed by atoms with van der Waals surface area (Å²) in [6.45, 7) is 0. The average Bonchev–Trinajstić information content (AvgIpc) is 3.56. The lowest BCUT2D eigenvalue weighted by molar-refractivity contribution is 0.669. The van der Waals surface area contributed by atoms with Gasteiger partial charge < -0.3 is 4.42 Å². The van der Waals surface area contributed by atoms with Crippen molar-refractivity contribution in [2.45, 2.75) is 0 Å². The summed E-state index contributed by atoms with van der Waals surface area (Å²) in [5.74, 6) is 0. The molecule has 0 N–H and O–H groups in total. The van der Waals surface area contributed by atoms with Gasteiger partial charge in [-0.3, -0.25) is 0 Å². The van der Waals surface area contributed by atoms with Gasteiger partial charge in [-0.15, -0.1) is 11.3 Å². The molecule has 2 aromatic heterocycles. The molecule has 178 valence electrons. The first-order chi connectivity index (χ1) is 18.8. The van der Waals surface area contributed by atoms with Gasteiger partial charge in [0, 0.05) is 36.9 Å². The van der Waals surface area contributed by atoms with Gasteiger partial charge in [0.05, 0.1) is 0 Å². The first-order valence-electron chi connectivity index (χ1n) is 12.9. The molecular weight excluding hydrogens is 480 g/mol. The molecule has 0 unspecified atom stereocenters. The Morgan fingerprint density at radius 3 is 1.92 bits per heavy atom. The highest BCUT2D eigenvalue weighted by atomic mass is 32.1. The van der Waals surface area contributed by atoms with E-state index in [1.807, 2.05) is 11.3 Å². The molecule has 0 amide bonds. The lowest BCUT2D eigenvalue weighted by Crippen LogP contribution is -1.82. The predicted octanol–water partition coefficient (Wildman–Crippen LogP) is 11.0. The number of benzene rings is 6. The van der Waals surface area contributed by atoms with Gasteiger partial charge in [0.25, 0.3) is 0 Å². The van der Waals surface area contributed by atoms with E-state index in [0.29, 0.717) is 0 Å². The number of hydrogen-bond acceptors (Lipinski definition) is 2. The highest BCUT2D eigenvalue weighted by Gasteiger charge is 2.18. The molecule has 0 radical (unpaired) electrons. The van der Waals surface area contributed by atoms with Crippen molar-refractivity contribution in [2.75, 3.05) is 0 Å². The van der Waals surface area contributed by atoms with E-state index in [0.717, 1.165) is 16.6 Å². The monoisotopic (exact) mass is 502 g/mol. The SMILES string of the molecule is c1ccc(-c2ccccc2-c2sc(-c3ccc4oc5ccc6ccccc6c5c4c3)c3ccccc23)cc1. The highest BCUT2D eigenvalue weighted by molar-refractivity contribution is 7.21. The van der Waals surface area contributed by atoms with Crippen molar-refractivity contribution in [3.63, 3.8) is 0 Å². The van der Waals surface area contributed by atoms with Crippen molar-refractivity contribution >= 4 is 54.8 Å². The summed E-state index contributed by atoms with van der Waals surface area (Å²) >= 11 is 1.88. The third-order valence-electron chi connectivity index (χ3n) is 7.50. The van der Waals surface area contributed by atoms with Gasteiger partial charge in [-0.1, -0.05) is 109 Å². The van der Waals surface area contributed by atoms with Crippen LogP contribution < -0.4 is 0 Å². The van der Waals surface area contributed by atoms with Crippen LogP contribution in [-0.4, -0.2) is 0 Å². The van der Waals surface area contributed by atoms with E-state index in [1.54, 1.807) is 0 Å². The van der Waals surface area contributed by atoms with Crippen molar-refractivity contribution in [1.82, 2.24) is 0 Å². The van der Waals surface area contributed by atoms with Gasteiger partial charge in [0.2, 0.25) is 0 Å². The van der Waals surface area contributed by atoms with E-state index in [1.165, 1.54) is 58.9 Å². The summed E-state index contributed by atoms with van der Waals surface area (Å²) in [5.41, 5.74) is 6.85. The maximum atomic E-state index is 6.28. The van der Waals surface area contributed by atoms with Crippen LogP contribution in [0.15, 0.2) is 138 Å². The molecule has 0 bridgehead atoms. The van der Waals surface area contributed by atoms with Crippen LogP contribution in [-0.2, 0) is 0 Å². The van der Waals surface area contributed by atoms with Gasteiger partial charge in [-0.2, -0.15) is 0 Å². The molecule has 0 aliphatic rings. The molecular formula is C36H22OS. The molecule has 8 aromatic rings. The molecule has 0 spiro atoms. The van der Waals surface area contributed by atoms with Gasteiger partial charge in [0.15, 0.2) is 0 Å². The minimum Gasteiger partial charge on any atom is -0.456 e. The molecule has 8 rings (SSSR count). The largest absolute Gasteiger partial charge is 0.456 e. The summed E-state index contributed by atoms with van der Waals surface area (Å²) in [6.07, 6.45) is 0. The molecule has 0 aliphatic heterocycles. The standard InChI is InChI=1S/C36H22OS/c1-2-10-23(11-3-1)26-13-6-7-15-28(26)36-30-17-9-8-16-29(30)35(38-36)25-19-20-32-31(22-25)34-27-14-5-4-12-24(27)18-21-33(34)37-32/h1-22H. The van der Waals surface area contributed by atoms with Crippen LogP contribution in [0.4, 0.5) is 0 Å². The minimum absolute atomic E-state index is 0.926. The molecule has 2 heteroatoms. The number of rotatable bonds is 3. The van der Waals surface area contributed by atoms with Crippen LogP contribution in [0.25, 0.3) is 75.5 Å². The lowest BCUT2D eigenvalue weighted by Gasteiger charge is -2.09. The molecule has 0 saturated carbocycles. The van der Waals surface area contributed by atoms with Crippen LogP contribution in [0.1, 0.15) is 0 Å². The Hall–Kier alpha value is -4.66. The number of thiophene rings is 1. The molecule has 0 saturated heterocycles. The van der Waals surface area contributed by atoms with Gasteiger partial charge in [-0.25, -0.2) is 0 Å². The first-order valence-corrected chi connectivity index (χ1v) is 13.7. The third-order valence-corrected chi connectivity index (χ3v) is 8.80. The third kappa shape index (κ3) is 3.24. The quantitative estimate of drug-likeness (QED) is 0.234. The van der Waals surface area contributed by atoms with E-state index in [2.05, 4.69) is 133 Å². The second-order valence-electron chi connectivity index (χ2n) is 9.69. The van der Waals surface area contributed by atoms with Crippen LogP contribution in [0.2, 0.25) is 0 Å². The molecule has 6 aromatic carbocycles. The predicted molar refractivity (Wildman–Crippen MR) is 163 cm³/mol. The Morgan fingerprint density at radius 1 is 0.421 bits per heavy atom. The van der Waals surface area contributed by atoms with E-state index in [4.69, 9.17) is 4.42 Å². The zero-order chi connectivity index (χ0) is 25.1. The van der Waals surface area contributed by atoms with Crippen molar-refractivity contribution in [1.29, 1.82) is 0 Å². The summed E-state index contributed by atoms with van der Waals surface area (Å²) in [4.78, 5) is 2.59. The average molecular weight is 503 g/mol. The maximum absolute atomic E-state index is 6.28. The number of furan rings is 1. The second kappa shape index (κ2) is 8.44. The summed E-state index contributed by atoms with van der Waals surface area (Å²) in [5, 5.41) is 7.39. The fourth-order valence-corrected chi connectivity index (χ4v) is 7.06. The zero-order valence-electron chi connectivity index (χ0n) is 20.5. The molecule has 1 nitrogen and oxygen atoms in total. The van der Waals surface area contributed by atoms with Crippen molar-refractivity contribution < 1.29 is 4.42 Å². The lowest BCUT2D eigenvalue weighted by atomic mass is 9.96. The second-order valence-corrected chi connectivity index (χ2v) is 10.7. The van der Waals surface area contributed by atoms with E-state index in [9.17, 15) is 0 Å². The summed E-state index contributed by atoms with van der Waals surface area (Å²) in [7, 11) is 0. The summed E-state index contributed by atoms with van der Waals surface area (Å²) in [6, 6.07) is 47.7. The fraction of sp³-hybridized carbons (Fsp3) is 0. The zero-order valence-corrected chi connectivity index (χ0v) is 21.3.